The third-order valence-corrected chi connectivity index (χ3v) is 4.37. The molecular weight excluding hydrogens is 238 g/mol. The van der Waals surface area contributed by atoms with Crippen LogP contribution in [0.2, 0.25) is 0 Å². The predicted octanol–water partition coefficient (Wildman–Crippen LogP) is 3.29. The molecule has 4 heteroatoms. The molecule has 0 radical (unpaired) electrons. The molecule has 2 unspecified atom stereocenters. The van der Waals surface area contributed by atoms with Gasteiger partial charge in [-0.05, 0) is 31.7 Å². The minimum Gasteiger partial charge on any atom is -0.339 e. The highest BCUT2D eigenvalue weighted by molar-refractivity contribution is 4.96. The van der Waals surface area contributed by atoms with E-state index in [-0.39, 0.29) is 0 Å². The molecule has 0 spiro atoms. The molecule has 1 saturated carbocycles. The van der Waals surface area contributed by atoms with Crippen molar-refractivity contribution in [2.75, 3.05) is 6.54 Å². The van der Waals surface area contributed by atoms with Crippen molar-refractivity contribution >= 4 is 0 Å². The maximum absolute atomic E-state index is 5.42. The Morgan fingerprint density at radius 2 is 2.05 bits per heavy atom. The molecule has 4 nitrogen and oxygen atoms in total. The molecule has 0 aromatic carbocycles. The molecule has 1 aromatic rings. The highest BCUT2D eigenvalue weighted by atomic mass is 16.5. The van der Waals surface area contributed by atoms with E-state index in [1.807, 2.05) is 0 Å². The first-order valence-corrected chi connectivity index (χ1v) is 7.80. The van der Waals surface area contributed by atoms with Crippen molar-refractivity contribution in [3.05, 3.63) is 11.7 Å². The topological polar surface area (TPSA) is 51.0 Å². The third-order valence-electron chi connectivity index (χ3n) is 4.37. The molecule has 19 heavy (non-hydrogen) atoms. The van der Waals surface area contributed by atoms with Crippen LogP contribution >= 0.6 is 0 Å². The monoisotopic (exact) mass is 265 g/mol. The Hall–Kier alpha value is -0.900. The summed E-state index contributed by atoms with van der Waals surface area (Å²) in [5, 5.41) is 7.71. The van der Waals surface area contributed by atoms with Gasteiger partial charge in [0.2, 0.25) is 5.89 Å². The lowest BCUT2D eigenvalue weighted by Gasteiger charge is -2.22. The van der Waals surface area contributed by atoms with Gasteiger partial charge in [0.1, 0.15) is 0 Å². The summed E-state index contributed by atoms with van der Waals surface area (Å²) in [6, 6.07) is 0.498. The van der Waals surface area contributed by atoms with Gasteiger partial charge in [-0.25, -0.2) is 0 Å². The Bertz CT molecular complexity index is 371. The summed E-state index contributed by atoms with van der Waals surface area (Å²) in [6.45, 7) is 7.47. The van der Waals surface area contributed by atoms with Gasteiger partial charge < -0.3 is 9.84 Å². The molecule has 0 saturated heterocycles. The van der Waals surface area contributed by atoms with Crippen LogP contribution in [-0.4, -0.2) is 22.7 Å². The average molecular weight is 265 g/mol. The Morgan fingerprint density at radius 3 is 2.68 bits per heavy atom. The Balaban J connectivity index is 1.97. The summed E-state index contributed by atoms with van der Waals surface area (Å²) in [4.78, 5) is 4.56. The number of nitrogens with one attached hydrogen (secondary N) is 1. The molecule has 1 aromatic heterocycles. The highest BCUT2D eigenvalue weighted by Crippen LogP contribution is 2.29. The lowest BCUT2D eigenvalue weighted by Crippen LogP contribution is -2.37. The number of hydrogen-bond acceptors (Lipinski definition) is 4. The molecule has 0 amide bonds. The predicted molar refractivity (Wildman–Crippen MR) is 76.1 cm³/mol. The molecule has 1 N–H and O–H groups in total. The van der Waals surface area contributed by atoms with Crippen LogP contribution in [0.3, 0.4) is 0 Å². The summed E-state index contributed by atoms with van der Waals surface area (Å²) in [6.07, 6.45) is 7.34. The molecule has 108 valence electrons. The molecule has 2 atom stereocenters. The number of likely N-dealkylation sites (N-methyl/N-ethyl adjacent to an activating group) is 1. The molecule has 2 rings (SSSR count). The molecule has 1 aliphatic rings. The van der Waals surface area contributed by atoms with Crippen molar-refractivity contribution in [3.8, 4) is 0 Å². The van der Waals surface area contributed by atoms with E-state index in [2.05, 4.69) is 36.2 Å². The number of rotatable bonds is 7. The van der Waals surface area contributed by atoms with Crippen LogP contribution in [0.1, 0.15) is 70.5 Å². The largest absolute Gasteiger partial charge is 0.339 e. The van der Waals surface area contributed by atoms with Gasteiger partial charge in [0.15, 0.2) is 5.82 Å². The van der Waals surface area contributed by atoms with Gasteiger partial charge in [0.25, 0.3) is 0 Å². The SMILES string of the molecule is CCNC(Cc1nc(C(C)CC)no1)C1CCCC1. The fraction of sp³-hybridized carbons (Fsp3) is 0.867. The van der Waals surface area contributed by atoms with Crippen LogP contribution in [0.5, 0.6) is 0 Å². The van der Waals surface area contributed by atoms with E-state index in [0.29, 0.717) is 12.0 Å². The normalized spacial score (nSPS) is 19.7. The fourth-order valence-electron chi connectivity index (χ4n) is 2.95. The first-order valence-electron chi connectivity index (χ1n) is 7.80. The number of aromatic nitrogens is 2. The molecule has 1 aliphatic carbocycles. The second-order valence-electron chi connectivity index (χ2n) is 5.77. The van der Waals surface area contributed by atoms with Crippen LogP contribution in [0.4, 0.5) is 0 Å². The lowest BCUT2D eigenvalue weighted by atomic mass is 9.95. The van der Waals surface area contributed by atoms with Gasteiger partial charge in [-0.2, -0.15) is 4.98 Å². The summed E-state index contributed by atoms with van der Waals surface area (Å²) in [5.41, 5.74) is 0. The maximum atomic E-state index is 5.42. The fourth-order valence-corrected chi connectivity index (χ4v) is 2.95. The maximum Gasteiger partial charge on any atom is 0.228 e. The van der Waals surface area contributed by atoms with Crippen molar-refractivity contribution in [1.29, 1.82) is 0 Å². The van der Waals surface area contributed by atoms with Crippen molar-refractivity contribution < 1.29 is 4.52 Å². The quantitative estimate of drug-likeness (QED) is 0.822. The van der Waals surface area contributed by atoms with Crippen LogP contribution in [0.15, 0.2) is 4.52 Å². The van der Waals surface area contributed by atoms with Crippen LogP contribution in [-0.2, 0) is 6.42 Å². The van der Waals surface area contributed by atoms with Gasteiger partial charge >= 0.3 is 0 Å². The van der Waals surface area contributed by atoms with Crippen LogP contribution in [0.25, 0.3) is 0 Å². The van der Waals surface area contributed by atoms with E-state index in [0.717, 1.165) is 37.0 Å². The first-order chi connectivity index (χ1) is 9.24. The van der Waals surface area contributed by atoms with Gasteiger partial charge in [-0.3, -0.25) is 0 Å². The number of nitrogens with zero attached hydrogens (tertiary/aromatic N) is 2. The van der Waals surface area contributed by atoms with Crippen molar-refractivity contribution in [3.63, 3.8) is 0 Å². The first kappa shape index (κ1) is 14.5. The second-order valence-corrected chi connectivity index (χ2v) is 5.77. The van der Waals surface area contributed by atoms with Gasteiger partial charge in [-0.15, -0.1) is 0 Å². The summed E-state index contributed by atoms with van der Waals surface area (Å²) < 4.78 is 5.42. The zero-order chi connectivity index (χ0) is 13.7. The Morgan fingerprint density at radius 1 is 1.32 bits per heavy atom. The highest BCUT2D eigenvalue weighted by Gasteiger charge is 2.26. The van der Waals surface area contributed by atoms with E-state index in [4.69, 9.17) is 4.52 Å². The molecule has 0 bridgehead atoms. The number of hydrogen-bond donors (Lipinski definition) is 1. The van der Waals surface area contributed by atoms with Crippen LogP contribution < -0.4 is 5.32 Å². The van der Waals surface area contributed by atoms with Crippen molar-refractivity contribution in [2.45, 2.75) is 71.3 Å². The molecule has 0 aliphatic heterocycles. The standard InChI is InChI=1S/C15H27N3O/c1-4-11(3)15-17-14(19-18-15)10-13(16-5-2)12-8-6-7-9-12/h11-13,16H,4-10H2,1-3H3. The smallest absolute Gasteiger partial charge is 0.228 e. The van der Waals surface area contributed by atoms with Crippen molar-refractivity contribution in [1.82, 2.24) is 15.5 Å². The van der Waals surface area contributed by atoms with Crippen LogP contribution in [0, 0.1) is 5.92 Å². The Kier molecular flexibility index (Phi) is 5.37. The summed E-state index contributed by atoms with van der Waals surface area (Å²) in [5.74, 6) is 2.83. The molecule has 1 fully saturated rings. The van der Waals surface area contributed by atoms with E-state index < -0.39 is 0 Å². The van der Waals surface area contributed by atoms with Gasteiger partial charge in [-0.1, -0.05) is 38.8 Å². The van der Waals surface area contributed by atoms with Gasteiger partial charge in [0.05, 0.1) is 0 Å². The average Bonchev–Trinajstić information content (AvgIpc) is 3.08. The van der Waals surface area contributed by atoms with E-state index in [9.17, 15) is 0 Å². The zero-order valence-electron chi connectivity index (χ0n) is 12.5. The van der Waals surface area contributed by atoms with E-state index in [1.165, 1.54) is 25.7 Å². The minimum absolute atomic E-state index is 0.390. The second kappa shape index (κ2) is 7.04. The summed E-state index contributed by atoms with van der Waals surface area (Å²) >= 11 is 0. The third kappa shape index (κ3) is 3.78. The summed E-state index contributed by atoms with van der Waals surface area (Å²) in [7, 11) is 0. The molecule has 1 heterocycles. The Labute approximate surface area is 116 Å². The van der Waals surface area contributed by atoms with Crippen molar-refractivity contribution in [2.24, 2.45) is 5.92 Å². The van der Waals surface area contributed by atoms with E-state index in [1.54, 1.807) is 0 Å². The minimum atomic E-state index is 0.390. The molecular formula is C15H27N3O. The lowest BCUT2D eigenvalue weighted by molar-refractivity contribution is 0.309. The van der Waals surface area contributed by atoms with E-state index >= 15 is 0 Å². The van der Waals surface area contributed by atoms with Gasteiger partial charge in [0, 0.05) is 18.4 Å². The zero-order valence-corrected chi connectivity index (χ0v) is 12.5.